The van der Waals surface area contributed by atoms with Crippen molar-refractivity contribution in [2.24, 2.45) is 0 Å². The number of aliphatic hydroxyl groups is 1. The second kappa shape index (κ2) is 9.31. The van der Waals surface area contributed by atoms with Crippen LogP contribution in [0.1, 0.15) is 0 Å². The van der Waals surface area contributed by atoms with Crippen LogP contribution in [-0.2, 0) is 6.54 Å². The molecule has 28 heavy (non-hydrogen) atoms. The highest BCUT2D eigenvalue weighted by molar-refractivity contribution is 5.95. The van der Waals surface area contributed by atoms with Gasteiger partial charge >= 0.3 is 0 Å². The van der Waals surface area contributed by atoms with Gasteiger partial charge in [0.25, 0.3) is 5.56 Å². The van der Waals surface area contributed by atoms with Gasteiger partial charge in [0, 0.05) is 36.8 Å². The average Bonchev–Trinajstić information content (AvgIpc) is 2.71. The molecule has 0 aliphatic heterocycles. The molecule has 0 fully saturated rings. The number of aromatic nitrogens is 1. The summed E-state index contributed by atoms with van der Waals surface area (Å²) in [6.07, 6.45) is 4.77. The first-order valence-electron chi connectivity index (χ1n) is 9.44. The predicted molar refractivity (Wildman–Crippen MR) is 116 cm³/mol. The van der Waals surface area contributed by atoms with Gasteiger partial charge in [-0.2, -0.15) is 0 Å². The second-order valence-corrected chi connectivity index (χ2v) is 6.86. The minimum absolute atomic E-state index is 0.0895. The maximum Gasteiger partial charge on any atom is 0.258 e. The number of benzene rings is 2. The molecule has 0 saturated heterocycles. The third-order valence-electron chi connectivity index (χ3n) is 4.73. The van der Waals surface area contributed by atoms with Crippen molar-refractivity contribution in [3.8, 4) is 11.1 Å². The van der Waals surface area contributed by atoms with Crippen LogP contribution in [0.4, 0.5) is 0 Å². The van der Waals surface area contributed by atoms with E-state index in [2.05, 4.69) is 13.2 Å². The monoisotopic (exact) mass is 374 g/mol. The van der Waals surface area contributed by atoms with Gasteiger partial charge in [-0.15, -0.1) is 13.2 Å². The maximum absolute atomic E-state index is 13.0. The summed E-state index contributed by atoms with van der Waals surface area (Å²) in [5.74, 6) is 0. The number of fused-ring (bicyclic) bond motifs is 1. The van der Waals surface area contributed by atoms with E-state index in [0.29, 0.717) is 25.0 Å². The van der Waals surface area contributed by atoms with E-state index in [9.17, 15) is 9.90 Å². The fraction of sp³-hybridized carbons (Fsp3) is 0.208. The molecule has 0 radical (unpaired) electrons. The summed E-state index contributed by atoms with van der Waals surface area (Å²) in [4.78, 5) is 15.0. The van der Waals surface area contributed by atoms with Crippen molar-refractivity contribution in [2.75, 3.05) is 19.6 Å². The lowest BCUT2D eigenvalue weighted by molar-refractivity contribution is 0.108. The van der Waals surface area contributed by atoms with Crippen LogP contribution in [0.5, 0.6) is 0 Å². The Kier molecular flexibility index (Phi) is 6.58. The molecule has 0 amide bonds. The highest BCUT2D eigenvalue weighted by Crippen LogP contribution is 2.26. The van der Waals surface area contributed by atoms with Crippen molar-refractivity contribution in [1.29, 1.82) is 0 Å². The molecular formula is C24H26N2O2. The molecule has 4 nitrogen and oxygen atoms in total. The number of rotatable bonds is 9. The maximum atomic E-state index is 13.0. The molecule has 1 heterocycles. The van der Waals surface area contributed by atoms with Gasteiger partial charge in [0.15, 0.2) is 0 Å². The van der Waals surface area contributed by atoms with E-state index in [-0.39, 0.29) is 12.1 Å². The summed E-state index contributed by atoms with van der Waals surface area (Å²) in [7, 11) is 0. The lowest BCUT2D eigenvalue weighted by Gasteiger charge is -2.23. The van der Waals surface area contributed by atoms with Gasteiger partial charge in [0.1, 0.15) is 0 Å². The van der Waals surface area contributed by atoms with Crippen LogP contribution in [0.3, 0.4) is 0 Å². The zero-order valence-electron chi connectivity index (χ0n) is 16.0. The first kappa shape index (κ1) is 19.8. The lowest BCUT2D eigenvalue weighted by atomic mass is 10.0. The zero-order valence-corrected chi connectivity index (χ0v) is 16.0. The van der Waals surface area contributed by atoms with Crippen molar-refractivity contribution in [3.63, 3.8) is 0 Å². The van der Waals surface area contributed by atoms with Gasteiger partial charge in [-0.05, 0) is 17.0 Å². The Morgan fingerprint density at radius 1 is 0.964 bits per heavy atom. The van der Waals surface area contributed by atoms with Crippen LogP contribution in [0.15, 0.2) is 90.9 Å². The van der Waals surface area contributed by atoms with Crippen LogP contribution in [-0.4, -0.2) is 40.3 Å². The first-order chi connectivity index (χ1) is 13.6. The topological polar surface area (TPSA) is 45.5 Å². The third kappa shape index (κ3) is 4.47. The summed E-state index contributed by atoms with van der Waals surface area (Å²) >= 11 is 0. The fourth-order valence-electron chi connectivity index (χ4n) is 3.50. The molecule has 1 atom stereocenters. The van der Waals surface area contributed by atoms with E-state index in [1.54, 1.807) is 16.7 Å². The molecule has 0 spiro atoms. The van der Waals surface area contributed by atoms with Crippen molar-refractivity contribution in [1.82, 2.24) is 9.47 Å². The van der Waals surface area contributed by atoms with Crippen molar-refractivity contribution in [2.45, 2.75) is 12.6 Å². The van der Waals surface area contributed by atoms with E-state index in [1.807, 2.05) is 65.7 Å². The molecule has 2 aromatic carbocycles. The van der Waals surface area contributed by atoms with Gasteiger partial charge in [-0.1, -0.05) is 60.7 Å². The Hall–Kier alpha value is -2.95. The van der Waals surface area contributed by atoms with E-state index >= 15 is 0 Å². The van der Waals surface area contributed by atoms with E-state index in [0.717, 1.165) is 16.5 Å². The summed E-state index contributed by atoms with van der Waals surface area (Å²) in [6.45, 7) is 9.50. The molecule has 1 N–H and O–H groups in total. The number of hydrogen-bond donors (Lipinski definition) is 1. The summed E-state index contributed by atoms with van der Waals surface area (Å²) < 4.78 is 1.62. The standard InChI is InChI=1S/C24H26N2O2/c1-3-14-25(15-4-2)16-20(27)17-26-18-23(19-10-6-5-7-11-19)21-12-8-9-13-22(21)24(26)28/h3-13,18,20,27H,1-2,14-17H2. The molecule has 0 bridgehead atoms. The summed E-state index contributed by atoms with van der Waals surface area (Å²) in [5, 5.41) is 12.2. The van der Waals surface area contributed by atoms with Gasteiger partial charge in [0.2, 0.25) is 0 Å². The number of nitrogens with zero attached hydrogens (tertiary/aromatic N) is 2. The molecule has 0 aliphatic rings. The molecule has 144 valence electrons. The fourth-order valence-corrected chi connectivity index (χ4v) is 3.50. The highest BCUT2D eigenvalue weighted by atomic mass is 16.3. The molecule has 1 unspecified atom stereocenters. The predicted octanol–water partition coefficient (Wildman–Crippen LogP) is 3.70. The van der Waals surface area contributed by atoms with Gasteiger partial charge in [0.05, 0.1) is 12.6 Å². The van der Waals surface area contributed by atoms with Crippen LogP contribution < -0.4 is 5.56 Å². The minimum Gasteiger partial charge on any atom is -0.390 e. The van der Waals surface area contributed by atoms with Gasteiger partial charge in [-0.25, -0.2) is 0 Å². The zero-order chi connectivity index (χ0) is 19.9. The number of hydrogen-bond acceptors (Lipinski definition) is 3. The Morgan fingerprint density at radius 2 is 1.57 bits per heavy atom. The first-order valence-corrected chi connectivity index (χ1v) is 9.44. The Bertz CT molecular complexity index is 998. The highest BCUT2D eigenvalue weighted by Gasteiger charge is 2.15. The molecule has 1 aromatic heterocycles. The molecule has 3 rings (SSSR count). The number of pyridine rings is 1. The smallest absolute Gasteiger partial charge is 0.258 e. The van der Waals surface area contributed by atoms with Crippen LogP contribution >= 0.6 is 0 Å². The summed E-state index contributed by atoms with van der Waals surface area (Å²) in [5.41, 5.74) is 1.94. The third-order valence-corrected chi connectivity index (χ3v) is 4.73. The quantitative estimate of drug-likeness (QED) is 0.581. The Morgan fingerprint density at radius 3 is 2.21 bits per heavy atom. The van der Waals surface area contributed by atoms with Crippen molar-refractivity contribution < 1.29 is 5.11 Å². The average molecular weight is 374 g/mol. The van der Waals surface area contributed by atoms with Crippen molar-refractivity contribution in [3.05, 3.63) is 96.5 Å². The van der Waals surface area contributed by atoms with Crippen LogP contribution in [0.25, 0.3) is 21.9 Å². The van der Waals surface area contributed by atoms with E-state index < -0.39 is 6.10 Å². The van der Waals surface area contributed by atoms with E-state index in [4.69, 9.17) is 0 Å². The van der Waals surface area contributed by atoms with Crippen LogP contribution in [0.2, 0.25) is 0 Å². The molecule has 0 aliphatic carbocycles. The summed E-state index contributed by atoms with van der Waals surface area (Å²) in [6, 6.07) is 17.6. The SMILES string of the molecule is C=CCN(CC=C)CC(O)Cn1cc(-c2ccccc2)c2ccccc2c1=O. The molecular weight excluding hydrogens is 348 g/mol. The Labute approximate surface area is 165 Å². The van der Waals surface area contributed by atoms with Gasteiger partial charge in [-0.3, -0.25) is 9.69 Å². The van der Waals surface area contributed by atoms with Gasteiger partial charge < -0.3 is 9.67 Å². The normalized spacial score (nSPS) is 12.2. The van der Waals surface area contributed by atoms with Crippen LogP contribution in [0, 0.1) is 0 Å². The molecule has 3 aromatic rings. The van der Waals surface area contributed by atoms with Crippen molar-refractivity contribution >= 4 is 10.8 Å². The Balaban J connectivity index is 1.97. The largest absolute Gasteiger partial charge is 0.390 e. The second-order valence-electron chi connectivity index (χ2n) is 6.86. The minimum atomic E-state index is -0.678. The molecule has 4 heteroatoms. The lowest BCUT2D eigenvalue weighted by Crippen LogP contribution is -2.37. The van der Waals surface area contributed by atoms with E-state index in [1.165, 1.54) is 0 Å². The number of aliphatic hydroxyl groups excluding tert-OH is 1. The molecule has 0 saturated carbocycles.